The molecule has 0 radical (unpaired) electrons. The van der Waals surface area contributed by atoms with Crippen LogP contribution < -0.4 is 15.0 Å². The van der Waals surface area contributed by atoms with Crippen LogP contribution in [0.2, 0.25) is 0 Å². The van der Waals surface area contributed by atoms with Gasteiger partial charge in [-0.15, -0.1) is 0 Å². The van der Waals surface area contributed by atoms with Crippen molar-refractivity contribution in [2.75, 3.05) is 24.6 Å². The van der Waals surface area contributed by atoms with Gasteiger partial charge in [0.25, 0.3) is 0 Å². The predicted octanol–water partition coefficient (Wildman–Crippen LogP) is 3.16. The third-order valence-electron chi connectivity index (χ3n) is 5.28. The largest absolute Gasteiger partial charge is 0.492 e. The normalized spacial score (nSPS) is 20.2. The molecule has 0 aliphatic carbocycles. The lowest BCUT2D eigenvalue weighted by atomic mass is 9.95. The topological polar surface area (TPSA) is 41.6 Å². The molecule has 0 aromatic heterocycles. The number of benzene rings is 2. The molecule has 1 atom stereocenters. The number of carbonyl (C=O) groups is 1. The number of rotatable bonds is 3. The van der Waals surface area contributed by atoms with Gasteiger partial charge in [-0.25, -0.2) is 4.39 Å². The van der Waals surface area contributed by atoms with E-state index in [9.17, 15) is 9.18 Å². The number of halogens is 1. The van der Waals surface area contributed by atoms with Gasteiger partial charge in [-0.05, 0) is 43.0 Å². The minimum absolute atomic E-state index is 0.0591. The monoisotopic (exact) mass is 354 g/mol. The lowest BCUT2D eigenvalue weighted by molar-refractivity contribution is -0.127. The summed E-state index contributed by atoms with van der Waals surface area (Å²) in [6.45, 7) is 1.92. The third kappa shape index (κ3) is 3.52. The number of fused-ring (bicyclic) bond motifs is 1. The van der Waals surface area contributed by atoms with Crippen molar-refractivity contribution in [3.63, 3.8) is 0 Å². The zero-order chi connectivity index (χ0) is 17.9. The van der Waals surface area contributed by atoms with Gasteiger partial charge < -0.3 is 15.0 Å². The van der Waals surface area contributed by atoms with Gasteiger partial charge in [0.1, 0.15) is 18.2 Å². The smallest absolute Gasteiger partial charge is 0.227 e. The van der Waals surface area contributed by atoms with Crippen LogP contribution in [0.15, 0.2) is 48.5 Å². The number of ether oxygens (including phenoxy) is 1. The number of para-hydroxylation sites is 2. The van der Waals surface area contributed by atoms with Gasteiger partial charge in [0, 0.05) is 19.1 Å². The van der Waals surface area contributed by atoms with Gasteiger partial charge in [0.2, 0.25) is 5.91 Å². The van der Waals surface area contributed by atoms with Gasteiger partial charge in [-0.3, -0.25) is 4.79 Å². The van der Waals surface area contributed by atoms with Crippen molar-refractivity contribution in [1.29, 1.82) is 0 Å². The van der Waals surface area contributed by atoms with E-state index in [1.54, 1.807) is 6.07 Å². The molecule has 26 heavy (non-hydrogen) atoms. The van der Waals surface area contributed by atoms with E-state index in [4.69, 9.17) is 4.74 Å². The molecule has 2 heterocycles. The molecule has 1 amide bonds. The minimum atomic E-state index is -0.187. The van der Waals surface area contributed by atoms with Gasteiger partial charge >= 0.3 is 0 Å². The molecule has 2 aliphatic rings. The zero-order valence-corrected chi connectivity index (χ0v) is 14.7. The Morgan fingerprint density at radius 3 is 2.62 bits per heavy atom. The van der Waals surface area contributed by atoms with Gasteiger partial charge in [-0.1, -0.05) is 30.3 Å². The summed E-state index contributed by atoms with van der Waals surface area (Å²) in [6, 6.07) is 14.9. The van der Waals surface area contributed by atoms with Crippen molar-refractivity contribution >= 4 is 11.6 Å². The summed E-state index contributed by atoms with van der Waals surface area (Å²) in [6.07, 6.45) is 2.37. The molecule has 0 saturated carbocycles. The molecule has 2 aromatic carbocycles. The standard InChI is InChI=1S/C21H23FN2O2/c22-18-6-2-3-7-19(18)24-11-9-17(10-12-24)23-21(25)16-13-15-5-1-4-8-20(15)26-14-16/h1-8,16-17H,9-14H2,(H,23,25). The van der Waals surface area contributed by atoms with Crippen LogP contribution in [0.25, 0.3) is 0 Å². The fourth-order valence-electron chi connectivity index (χ4n) is 3.79. The van der Waals surface area contributed by atoms with Crippen LogP contribution >= 0.6 is 0 Å². The summed E-state index contributed by atoms with van der Waals surface area (Å²) in [5.74, 6) is 0.612. The number of hydrogen-bond acceptors (Lipinski definition) is 3. The van der Waals surface area contributed by atoms with E-state index in [1.807, 2.05) is 36.4 Å². The van der Waals surface area contributed by atoms with Crippen LogP contribution in [-0.4, -0.2) is 31.6 Å². The lowest BCUT2D eigenvalue weighted by Gasteiger charge is -2.35. The van der Waals surface area contributed by atoms with Crippen molar-refractivity contribution < 1.29 is 13.9 Å². The Balaban J connectivity index is 1.31. The summed E-state index contributed by atoms with van der Waals surface area (Å²) in [5.41, 5.74) is 1.74. The second kappa shape index (κ2) is 7.36. The van der Waals surface area contributed by atoms with E-state index in [0.29, 0.717) is 12.3 Å². The zero-order valence-electron chi connectivity index (χ0n) is 14.7. The number of anilines is 1. The van der Waals surface area contributed by atoms with Crippen molar-refractivity contribution in [3.05, 3.63) is 59.9 Å². The Kier molecular flexibility index (Phi) is 4.78. The first kappa shape index (κ1) is 16.9. The molecule has 1 unspecified atom stereocenters. The maximum atomic E-state index is 13.9. The summed E-state index contributed by atoms with van der Waals surface area (Å²) in [5, 5.41) is 3.17. The molecule has 1 saturated heterocycles. The van der Waals surface area contributed by atoms with Crippen molar-refractivity contribution in [2.24, 2.45) is 5.92 Å². The highest BCUT2D eigenvalue weighted by Crippen LogP contribution is 2.27. The second-order valence-electron chi connectivity index (χ2n) is 7.04. The molecule has 5 heteroatoms. The van der Waals surface area contributed by atoms with Crippen LogP contribution in [-0.2, 0) is 11.2 Å². The Labute approximate surface area is 153 Å². The number of carbonyl (C=O) groups excluding carboxylic acids is 1. The van der Waals surface area contributed by atoms with Crippen molar-refractivity contribution in [1.82, 2.24) is 5.32 Å². The summed E-state index contributed by atoms with van der Waals surface area (Å²) in [7, 11) is 0. The molecule has 2 aliphatic heterocycles. The Hall–Kier alpha value is -2.56. The number of nitrogens with one attached hydrogen (secondary N) is 1. The Bertz CT molecular complexity index is 787. The van der Waals surface area contributed by atoms with Gasteiger partial charge in [0.15, 0.2) is 0 Å². The quantitative estimate of drug-likeness (QED) is 0.921. The number of nitrogens with zero attached hydrogens (tertiary/aromatic N) is 1. The van der Waals surface area contributed by atoms with Crippen LogP contribution in [0.5, 0.6) is 5.75 Å². The molecular formula is C21H23FN2O2. The fourth-order valence-corrected chi connectivity index (χ4v) is 3.79. The van der Waals surface area contributed by atoms with E-state index in [2.05, 4.69) is 10.2 Å². The predicted molar refractivity (Wildman–Crippen MR) is 98.9 cm³/mol. The number of amides is 1. The minimum Gasteiger partial charge on any atom is -0.492 e. The molecule has 1 fully saturated rings. The fraction of sp³-hybridized carbons (Fsp3) is 0.381. The average molecular weight is 354 g/mol. The molecule has 0 bridgehead atoms. The first-order chi connectivity index (χ1) is 12.7. The van der Waals surface area contributed by atoms with E-state index in [1.165, 1.54) is 6.07 Å². The van der Waals surface area contributed by atoms with E-state index in [0.717, 1.165) is 43.7 Å². The second-order valence-corrected chi connectivity index (χ2v) is 7.04. The van der Waals surface area contributed by atoms with Gasteiger partial charge in [-0.2, -0.15) is 0 Å². The highest BCUT2D eigenvalue weighted by molar-refractivity contribution is 5.80. The molecular weight excluding hydrogens is 331 g/mol. The molecule has 0 spiro atoms. The first-order valence-corrected chi connectivity index (χ1v) is 9.21. The Morgan fingerprint density at radius 2 is 1.81 bits per heavy atom. The maximum absolute atomic E-state index is 13.9. The highest BCUT2D eigenvalue weighted by Gasteiger charge is 2.29. The van der Waals surface area contributed by atoms with Crippen molar-refractivity contribution in [2.45, 2.75) is 25.3 Å². The highest BCUT2D eigenvalue weighted by atomic mass is 19.1. The third-order valence-corrected chi connectivity index (χ3v) is 5.28. The van der Waals surface area contributed by atoms with E-state index >= 15 is 0 Å². The maximum Gasteiger partial charge on any atom is 0.227 e. The molecule has 4 nitrogen and oxygen atoms in total. The van der Waals surface area contributed by atoms with E-state index in [-0.39, 0.29) is 23.7 Å². The molecule has 2 aromatic rings. The summed E-state index contributed by atoms with van der Waals surface area (Å²) in [4.78, 5) is 14.7. The number of hydrogen-bond donors (Lipinski definition) is 1. The number of piperidine rings is 1. The SMILES string of the molecule is O=C(NC1CCN(c2ccccc2F)CC1)C1COc2ccccc2C1. The van der Waals surface area contributed by atoms with Crippen LogP contribution in [0.3, 0.4) is 0 Å². The van der Waals surface area contributed by atoms with Crippen LogP contribution in [0, 0.1) is 11.7 Å². The molecule has 4 rings (SSSR count). The van der Waals surface area contributed by atoms with Gasteiger partial charge in [0.05, 0.1) is 11.6 Å². The summed E-state index contributed by atoms with van der Waals surface area (Å²) < 4.78 is 19.6. The summed E-state index contributed by atoms with van der Waals surface area (Å²) >= 11 is 0. The average Bonchev–Trinajstić information content (AvgIpc) is 2.69. The lowest BCUT2D eigenvalue weighted by Crippen LogP contribution is -2.48. The Morgan fingerprint density at radius 1 is 1.08 bits per heavy atom. The van der Waals surface area contributed by atoms with Crippen LogP contribution in [0.1, 0.15) is 18.4 Å². The molecule has 136 valence electrons. The van der Waals surface area contributed by atoms with Crippen molar-refractivity contribution in [3.8, 4) is 5.75 Å². The van der Waals surface area contributed by atoms with E-state index < -0.39 is 0 Å². The first-order valence-electron chi connectivity index (χ1n) is 9.21. The van der Waals surface area contributed by atoms with Crippen LogP contribution in [0.4, 0.5) is 10.1 Å². The molecule has 1 N–H and O–H groups in total.